The fourth-order valence-electron chi connectivity index (χ4n) is 2.90. The molecule has 0 saturated heterocycles. The highest BCUT2D eigenvalue weighted by atomic mass is 32.1. The zero-order chi connectivity index (χ0) is 18.8. The first-order valence-corrected chi connectivity index (χ1v) is 9.52. The topological polar surface area (TPSA) is 76.9 Å². The van der Waals surface area contributed by atoms with Crippen LogP contribution in [-0.4, -0.2) is 20.9 Å². The molecule has 0 radical (unpaired) electrons. The van der Waals surface area contributed by atoms with Crippen molar-refractivity contribution in [3.05, 3.63) is 50.6 Å². The van der Waals surface area contributed by atoms with Crippen LogP contribution in [0.5, 0.6) is 0 Å². The molecule has 0 fully saturated rings. The second-order valence-corrected chi connectivity index (χ2v) is 7.47. The number of thiophene rings is 1. The largest absolute Gasteiger partial charge is 0.324 e. The molecule has 0 aliphatic rings. The van der Waals surface area contributed by atoms with Gasteiger partial charge in [-0.2, -0.15) is 4.68 Å². The third-order valence-electron chi connectivity index (χ3n) is 4.63. The van der Waals surface area contributed by atoms with Crippen LogP contribution in [0.4, 0.5) is 5.69 Å². The van der Waals surface area contributed by atoms with Crippen LogP contribution in [0.2, 0.25) is 0 Å². The Labute approximate surface area is 155 Å². The third-order valence-corrected chi connectivity index (χ3v) is 5.73. The molecule has 1 amide bonds. The summed E-state index contributed by atoms with van der Waals surface area (Å²) in [7, 11) is 0. The van der Waals surface area contributed by atoms with Crippen LogP contribution in [0.25, 0.3) is 10.2 Å². The second-order valence-electron chi connectivity index (χ2n) is 6.27. The molecule has 7 heteroatoms. The minimum absolute atomic E-state index is 0.264. The number of rotatable bonds is 5. The first-order chi connectivity index (χ1) is 12.5. The van der Waals surface area contributed by atoms with Crippen LogP contribution < -0.4 is 10.9 Å². The molecule has 2 heterocycles. The molecule has 2 aromatic heterocycles. The number of nitrogens with zero attached hydrogens (tertiary/aromatic N) is 3. The molecular formula is C19H22N4O2S. The third kappa shape index (κ3) is 3.26. The minimum atomic E-state index is -0.704. The Kier molecular flexibility index (Phi) is 5.18. The molecule has 3 rings (SSSR count). The number of fused-ring (bicyclic) bond motifs is 1. The monoisotopic (exact) mass is 370 g/mol. The summed E-state index contributed by atoms with van der Waals surface area (Å²) < 4.78 is 1.21. The fraction of sp³-hybridized carbons (Fsp3) is 0.368. The molecule has 0 bridgehead atoms. The van der Waals surface area contributed by atoms with E-state index in [1.807, 2.05) is 45.0 Å². The van der Waals surface area contributed by atoms with Crippen molar-refractivity contribution in [2.45, 2.75) is 46.6 Å². The van der Waals surface area contributed by atoms with Crippen LogP contribution in [0.3, 0.4) is 0 Å². The summed E-state index contributed by atoms with van der Waals surface area (Å²) >= 11 is 1.45. The molecule has 26 heavy (non-hydrogen) atoms. The SMILES string of the molecule is CCc1ccc(NC(=O)C(CC)n2nnc3sc(C)c(C)c3c2=O)cc1. The highest BCUT2D eigenvalue weighted by Crippen LogP contribution is 2.25. The quantitative estimate of drug-likeness (QED) is 0.744. The number of aryl methyl sites for hydroxylation is 3. The molecule has 1 unspecified atom stereocenters. The van der Waals surface area contributed by atoms with Crippen molar-refractivity contribution < 1.29 is 4.79 Å². The van der Waals surface area contributed by atoms with E-state index in [-0.39, 0.29) is 11.5 Å². The molecule has 136 valence electrons. The molecule has 0 aliphatic heterocycles. The molecule has 3 aromatic rings. The van der Waals surface area contributed by atoms with Crippen LogP contribution >= 0.6 is 11.3 Å². The lowest BCUT2D eigenvalue weighted by Crippen LogP contribution is -2.35. The maximum absolute atomic E-state index is 12.9. The average Bonchev–Trinajstić information content (AvgIpc) is 2.93. The van der Waals surface area contributed by atoms with Gasteiger partial charge in [0.05, 0.1) is 5.39 Å². The van der Waals surface area contributed by atoms with Gasteiger partial charge in [-0.15, -0.1) is 16.4 Å². The number of nitrogens with one attached hydrogen (secondary N) is 1. The average molecular weight is 370 g/mol. The van der Waals surface area contributed by atoms with Crippen LogP contribution in [0.15, 0.2) is 29.1 Å². The number of carbonyl (C=O) groups excluding carboxylic acids is 1. The number of carbonyl (C=O) groups is 1. The summed E-state index contributed by atoms with van der Waals surface area (Å²) in [5, 5.41) is 11.6. The summed E-state index contributed by atoms with van der Waals surface area (Å²) in [6, 6.07) is 6.99. The van der Waals surface area contributed by atoms with E-state index in [1.165, 1.54) is 21.6 Å². The number of anilines is 1. The fourth-order valence-corrected chi connectivity index (χ4v) is 3.86. The maximum Gasteiger partial charge on any atom is 0.279 e. The van der Waals surface area contributed by atoms with Gasteiger partial charge in [0.25, 0.3) is 5.56 Å². The van der Waals surface area contributed by atoms with Gasteiger partial charge in [-0.3, -0.25) is 9.59 Å². The van der Waals surface area contributed by atoms with Gasteiger partial charge in [-0.1, -0.05) is 31.2 Å². The lowest BCUT2D eigenvalue weighted by molar-refractivity contribution is -0.119. The van der Waals surface area contributed by atoms with Gasteiger partial charge in [0, 0.05) is 10.6 Å². The summed E-state index contributed by atoms with van der Waals surface area (Å²) in [5.41, 5.74) is 2.55. The Morgan fingerprint density at radius 2 is 1.92 bits per heavy atom. The van der Waals surface area contributed by atoms with Crippen LogP contribution in [-0.2, 0) is 11.2 Å². The van der Waals surface area contributed by atoms with Gasteiger partial charge in [0.2, 0.25) is 5.91 Å². The van der Waals surface area contributed by atoms with Gasteiger partial charge in [-0.05, 0) is 49.9 Å². The van der Waals surface area contributed by atoms with E-state index in [0.717, 1.165) is 16.9 Å². The summed E-state index contributed by atoms with van der Waals surface area (Å²) in [5.74, 6) is -0.267. The van der Waals surface area contributed by atoms with Crippen molar-refractivity contribution in [3.8, 4) is 0 Å². The van der Waals surface area contributed by atoms with Crippen molar-refractivity contribution in [2.24, 2.45) is 0 Å². The lowest BCUT2D eigenvalue weighted by Gasteiger charge is -2.16. The highest BCUT2D eigenvalue weighted by molar-refractivity contribution is 7.18. The minimum Gasteiger partial charge on any atom is -0.324 e. The van der Waals surface area contributed by atoms with E-state index in [0.29, 0.717) is 22.3 Å². The first kappa shape index (κ1) is 18.3. The number of benzene rings is 1. The molecule has 1 aromatic carbocycles. The van der Waals surface area contributed by atoms with E-state index in [9.17, 15) is 9.59 Å². The smallest absolute Gasteiger partial charge is 0.279 e. The molecule has 0 aliphatic carbocycles. The maximum atomic E-state index is 12.9. The Balaban J connectivity index is 1.93. The summed E-state index contributed by atoms with van der Waals surface area (Å²) in [6.07, 6.45) is 1.39. The van der Waals surface area contributed by atoms with Crippen molar-refractivity contribution in [3.63, 3.8) is 0 Å². The molecule has 1 atom stereocenters. The highest BCUT2D eigenvalue weighted by Gasteiger charge is 2.24. The van der Waals surface area contributed by atoms with Gasteiger partial charge < -0.3 is 5.32 Å². The first-order valence-electron chi connectivity index (χ1n) is 8.71. The van der Waals surface area contributed by atoms with Gasteiger partial charge in [0.1, 0.15) is 6.04 Å². The number of hydrogen-bond acceptors (Lipinski definition) is 5. The Morgan fingerprint density at radius 1 is 1.23 bits per heavy atom. The van der Waals surface area contributed by atoms with E-state index in [2.05, 4.69) is 22.6 Å². The number of hydrogen-bond donors (Lipinski definition) is 1. The van der Waals surface area contributed by atoms with Crippen molar-refractivity contribution >= 4 is 33.1 Å². The zero-order valence-corrected chi connectivity index (χ0v) is 16.2. The van der Waals surface area contributed by atoms with Crippen LogP contribution in [0, 0.1) is 13.8 Å². The standard InChI is InChI=1S/C19H22N4O2S/c1-5-13-7-9-14(10-8-13)20-17(24)15(6-2)23-19(25)16-11(3)12(4)26-18(16)21-22-23/h7-10,15H,5-6H2,1-4H3,(H,20,24). The molecule has 0 spiro atoms. The molecule has 6 nitrogen and oxygen atoms in total. The van der Waals surface area contributed by atoms with E-state index < -0.39 is 6.04 Å². The Hall–Kier alpha value is -2.54. The van der Waals surface area contributed by atoms with E-state index in [1.54, 1.807) is 0 Å². The lowest BCUT2D eigenvalue weighted by atomic mass is 10.1. The molecule has 0 saturated carbocycles. The normalized spacial score (nSPS) is 12.3. The zero-order valence-electron chi connectivity index (χ0n) is 15.4. The Morgan fingerprint density at radius 3 is 2.54 bits per heavy atom. The van der Waals surface area contributed by atoms with Gasteiger partial charge in [-0.25, -0.2) is 0 Å². The Bertz CT molecular complexity index is 1000. The predicted molar refractivity (Wildman–Crippen MR) is 105 cm³/mol. The summed E-state index contributed by atoms with van der Waals surface area (Å²) in [4.78, 5) is 27.3. The van der Waals surface area contributed by atoms with Crippen molar-refractivity contribution in [2.75, 3.05) is 5.32 Å². The van der Waals surface area contributed by atoms with Crippen molar-refractivity contribution in [1.82, 2.24) is 15.0 Å². The van der Waals surface area contributed by atoms with Gasteiger partial charge >= 0.3 is 0 Å². The molecule has 1 N–H and O–H groups in total. The van der Waals surface area contributed by atoms with Gasteiger partial charge in [0.15, 0.2) is 4.83 Å². The summed E-state index contributed by atoms with van der Waals surface area (Å²) in [6.45, 7) is 7.79. The van der Waals surface area contributed by atoms with Crippen molar-refractivity contribution in [1.29, 1.82) is 0 Å². The molecular weight excluding hydrogens is 348 g/mol. The number of amides is 1. The van der Waals surface area contributed by atoms with Crippen LogP contribution in [0.1, 0.15) is 42.3 Å². The number of aromatic nitrogens is 3. The predicted octanol–water partition coefficient (Wildman–Crippen LogP) is 3.62. The van der Waals surface area contributed by atoms with E-state index >= 15 is 0 Å². The second kappa shape index (κ2) is 7.37. The van der Waals surface area contributed by atoms with E-state index in [4.69, 9.17) is 0 Å².